The van der Waals surface area contributed by atoms with Crippen LogP contribution in [0.2, 0.25) is 0 Å². The van der Waals surface area contributed by atoms with Crippen molar-refractivity contribution in [2.45, 2.75) is 18.4 Å². The highest BCUT2D eigenvalue weighted by atomic mass is 19.3. The van der Waals surface area contributed by atoms with Crippen LogP contribution in [0.5, 0.6) is 0 Å². The molecule has 2 saturated heterocycles. The third-order valence-electron chi connectivity index (χ3n) is 3.11. The number of hydrogen-bond donors (Lipinski definition) is 0. The number of carbonyl (C=O) groups excluding carboxylic acids is 1. The Balaban J connectivity index is 2.01. The minimum atomic E-state index is -2.60. The Hall–Kier alpha value is -1.19. The van der Waals surface area contributed by atoms with Gasteiger partial charge in [0.05, 0.1) is 6.54 Å². The van der Waals surface area contributed by atoms with Gasteiger partial charge in [0.25, 0.3) is 11.8 Å². The van der Waals surface area contributed by atoms with Crippen LogP contribution in [0.1, 0.15) is 6.42 Å². The van der Waals surface area contributed by atoms with Gasteiger partial charge in [0.2, 0.25) is 0 Å². The Morgan fingerprint density at radius 2 is 2.25 bits per heavy atom. The molecule has 0 aliphatic carbocycles. The molecule has 0 aromatic carbocycles. The summed E-state index contributed by atoms with van der Waals surface area (Å²) in [4.78, 5) is 14.9. The van der Waals surface area contributed by atoms with Crippen LogP contribution in [0.4, 0.5) is 8.78 Å². The lowest BCUT2D eigenvalue weighted by Crippen LogP contribution is -2.51. The summed E-state index contributed by atoms with van der Waals surface area (Å²) in [6.45, 7) is 4.57. The van der Waals surface area contributed by atoms with Gasteiger partial charge in [-0.25, -0.2) is 8.78 Å². The number of piperazine rings is 1. The smallest absolute Gasteiger partial charge is 0.262 e. The zero-order valence-corrected chi connectivity index (χ0v) is 8.96. The van der Waals surface area contributed by atoms with Gasteiger partial charge in [-0.15, -0.1) is 5.73 Å². The van der Waals surface area contributed by atoms with Crippen LogP contribution in [0.25, 0.3) is 0 Å². The summed E-state index contributed by atoms with van der Waals surface area (Å²) in [5.41, 5.74) is 2.41. The van der Waals surface area contributed by atoms with Crippen molar-refractivity contribution in [3.05, 3.63) is 18.4 Å². The molecule has 0 aromatic rings. The van der Waals surface area contributed by atoms with Gasteiger partial charge in [-0.1, -0.05) is 6.58 Å². The Morgan fingerprint density at radius 3 is 2.94 bits per heavy atom. The average Bonchev–Trinajstić information content (AvgIpc) is 2.50. The molecule has 0 unspecified atom stereocenters. The number of rotatable bonds is 1. The molecule has 1 atom stereocenters. The van der Waals surface area contributed by atoms with Crippen LogP contribution in [0.3, 0.4) is 0 Å². The molecule has 16 heavy (non-hydrogen) atoms. The van der Waals surface area contributed by atoms with Gasteiger partial charge in [-0.3, -0.25) is 9.69 Å². The molecular weight excluding hydrogens is 214 g/mol. The van der Waals surface area contributed by atoms with E-state index in [4.69, 9.17) is 0 Å². The SMILES string of the molecule is C=C=CC(=O)N1CCN2CC(F)(F)C[C@H]2C1. The molecular formula is C11H14F2N2O. The molecule has 2 aliphatic rings. The normalized spacial score (nSPS) is 28.4. The second kappa shape index (κ2) is 4.00. The predicted octanol–water partition coefficient (Wildman–Crippen LogP) is 0.879. The Morgan fingerprint density at radius 1 is 1.50 bits per heavy atom. The standard InChI is InChI=1S/C11H14F2N2O/c1-2-3-10(16)14-4-5-15-8-11(12,13)6-9(15)7-14/h3,9H,1,4-8H2/t9-/m0/s1. The number of nitrogens with zero attached hydrogens (tertiary/aromatic N) is 2. The molecule has 3 nitrogen and oxygen atoms in total. The highest BCUT2D eigenvalue weighted by molar-refractivity contribution is 5.87. The van der Waals surface area contributed by atoms with Crippen molar-refractivity contribution in [3.63, 3.8) is 0 Å². The van der Waals surface area contributed by atoms with Crippen molar-refractivity contribution in [1.82, 2.24) is 9.80 Å². The predicted molar refractivity (Wildman–Crippen MR) is 55.2 cm³/mol. The molecule has 0 bridgehead atoms. The first-order valence-electron chi connectivity index (χ1n) is 5.28. The zero-order valence-electron chi connectivity index (χ0n) is 8.96. The van der Waals surface area contributed by atoms with E-state index in [0.29, 0.717) is 19.6 Å². The van der Waals surface area contributed by atoms with Crippen molar-refractivity contribution < 1.29 is 13.6 Å². The molecule has 2 rings (SSSR count). The fraction of sp³-hybridized carbons (Fsp3) is 0.636. The lowest BCUT2D eigenvalue weighted by Gasteiger charge is -2.36. The van der Waals surface area contributed by atoms with Gasteiger partial charge in [0, 0.05) is 38.2 Å². The largest absolute Gasteiger partial charge is 0.336 e. The molecule has 0 aromatic heterocycles. The quantitative estimate of drug-likeness (QED) is 0.491. The van der Waals surface area contributed by atoms with E-state index in [2.05, 4.69) is 12.3 Å². The van der Waals surface area contributed by atoms with E-state index in [9.17, 15) is 13.6 Å². The van der Waals surface area contributed by atoms with Gasteiger partial charge in [0.15, 0.2) is 0 Å². The number of carbonyl (C=O) groups is 1. The summed E-state index contributed by atoms with van der Waals surface area (Å²) in [6, 6.07) is -0.203. The monoisotopic (exact) mass is 228 g/mol. The molecule has 2 aliphatic heterocycles. The summed E-state index contributed by atoms with van der Waals surface area (Å²) in [5, 5.41) is 0. The number of fused-ring (bicyclic) bond motifs is 1. The van der Waals surface area contributed by atoms with Crippen molar-refractivity contribution in [2.75, 3.05) is 26.2 Å². The molecule has 88 valence electrons. The maximum absolute atomic E-state index is 13.1. The van der Waals surface area contributed by atoms with Crippen molar-refractivity contribution >= 4 is 5.91 Å². The van der Waals surface area contributed by atoms with E-state index in [1.165, 1.54) is 6.08 Å². The van der Waals surface area contributed by atoms with E-state index >= 15 is 0 Å². The van der Waals surface area contributed by atoms with E-state index in [1.807, 2.05) is 0 Å². The average molecular weight is 228 g/mol. The van der Waals surface area contributed by atoms with E-state index in [-0.39, 0.29) is 24.9 Å². The van der Waals surface area contributed by atoms with Crippen molar-refractivity contribution in [3.8, 4) is 0 Å². The van der Waals surface area contributed by atoms with E-state index in [0.717, 1.165) is 0 Å². The van der Waals surface area contributed by atoms with Crippen LogP contribution < -0.4 is 0 Å². The van der Waals surface area contributed by atoms with Gasteiger partial charge in [0.1, 0.15) is 0 Å². The fourth-order valence-corrected chi connectivity index (χ4v) is 2.38. The van der Waals surface area contributed by atoms with Crippen molar-refractivity contribution in [2.24, 2.45) is 0 Å². The summed E-state index contributed by atoms with van der Waals surface area (Å²) in [6.07, 6.45) is 1.11. The lowest BCUT2D eigenvalue weighted by atomic mass is 10.1. The van der Waals surface area contributed by atoms with Gasteiger partial charge >= 0.3 is 0 Å². The minimum absolute atomic E-state index is 0.144. The zero-order chi connectivity index (χ0) is 11.8. The first kappa shape index (κ1) is 11.3. The van der Waals surface area contributed by atoms with E-state index in [1.54, 1.807) is 9.80 Å². The second-order valence-corrected chi connectivity index (χ2v) is 4.32. The molecule has 0 spiro atoms. The van der Waals surface area contributed by atoms with Gasteiger partial charge in [-0.2, -0.15) is 0 Å². The minimum Gasteiger partial charge on any atom is -0.336 e. The topological polar surface area (TPSA) is 23.6 Å². The summed E-state index contributed by atoms with van der Waals surface area (Å²) >= 11 is 0. The van der Waals surface area contributed by atoms with E-state index < -0.39 is 5.92 Å². The van der Waals surface area contributed by atoms with Gasteiger partial charge < -0.3 is 4.90 Å². The van der Waals surface area contributed by atoms with Gasteiger partial charge in [-0.05, 0) is 0 Å². The molecule has 5 heteroatoms. The molecule has 2 heterocycles. The number of hydrogen-bond acceptors (Lipinski definition) is 2. The molecule has 2 fully saturated rings. The third-order valence-corrected chi connectivity index (χ3v) is 3.11. The maximum Gasteiger partial charge on any atom is 0.262 e. The molecule has 1 amide bonds. The summed E-state index contributed by atoms with van der Waals surface area (Å²) in [7, 11) is 0. The number of alkyl halides is 2. The number of amides is 1. The lowest BCUT2D eigenvalue weighted by molar-refractivity contribution is -0.128. The van der Waals surface area contributed by atoms with Crippen molar-refractivity contribution in [1.29, 1.82) is 0 Å². The Labute approximate surface area is 93.0 Å². The maximum atomic E-state index is 13.1. The van der Waals surface area contributed by atoms with Crippen LogP contribution in [0, 0.1) is 0 Å². The third kappa shape index (κ3) is 2.15. The Kier molecular flexibility index (Phi) is 2.82. The second-order valence-electron chi connectivity index (χ2n) is 4.32. The highest BCUT2D eigenvalue weighted by Crippen LogP contribution is 2.33. The first-order chi connectivity index (χ1) is 7.52. The van der Waals surface area contributed by atoms with Crippen LogP contribution >= 0.6 is 0 Å². The first-order valence-corrected chi connectivity index (χ1v) is 5.28. The van der Waals surface area contributed by atoms with Crippen LogP contribution in [-0.2, 0) is 4.79 Å². The van der Waals surface area contributed by atoms with Crippen LogP contribution in [-0.4, -0.2) is 53.9 Å². The molecule has 0 radical (unpaired) electrons. The van der Waals surface area contributed by atoms with Crippen LogP contribution in [0.15, 0.2) is 18.4 Å². The summed E-state index contributed by atoms with van der Waals surface area (Å²) in [5.74, 6) is -2.79. The Bertz CT molecular complexity index is 350. The molecule has 0 N–H and O–H groups in total. The summed E-state index contributed by atoms with van der Waals surface area (Å²) < 4.78 is 26.3. The molecule has 0 saturated carbocycles. The fourth-order valence-electron chi connectivity index (χ4n) is 2.38. The highest BCUT2D eigenvalue weighted by Gasteiger charge is 2.47. The number of halogens is 2.